The lowest BCUT2D eigenvalue weighted by Crippen LogP contribution is -2.37. The van der Waals surface area contributed by atoms with Crippen molar-refractivity contribution in [2.75, 3.05) is 9.80 Å². The van der Waals surface area contributed by atoms with E-state index in [0.717, 1.165) is 88.8 Å². The topological polar surface area (TPSA) is 32.8 Å². The molecule has 0 aliphatic heterocycles. The fraction of sp³-hybridized carbons (Fsp3) is 0.0566. The van der Waals surface area contributed by atoms with E-state index < -0.39 is 8.07 Å². The minimum Gasteiger partial charge on any atom is -0.456 e. The average molecular weight is 765 g/mol. The highest BCUT2D eigenvalue weighted by molar-refractivity contribution is 6.88. The summed E-state index contributed by atoms with van der Waals surface area (Å²) in [5.74, 6) is 0. The maximum absolute atomic E-state index is 7.00. The van der Waals surface area contributed by atoms with E-state index in [4.69, 9.17) is 8.83 Å². The van der Waals surface area contributed by atoms with E-state index in [2.05, 4.69) is 205 Å². The maximum Gasteiger partial charge on any atom is 0.143 e. The lowest BCUT2D eigenvalue weighted by molar-refractivity contribution is 0.669. The van der Waals surface area contributed by atoms with Gasteiger partial charge in [-0.05, 0) is 101 Å². The molecule has 278 valence electrons. The number of para-hydroxylation sites is 3. The Morgan fingerprint density at radius 2 is 0.793 bits per heavy atom. The summed E-state index contributed by atoms with van der Waals surface area (Å²) in [7, 11) is -1.45. The van der Waals surface area contributed by atoms with Gasteiger partial charge in [-0.15, -0.1) is 0 Å². The molecule has 9 aromatic carbocycles. The predicted octanol–water partition coefficient (Wildman–Crippen LogP) is 15.3. The Hall–Kier alpha value is -7.08. The second-order valence-corrected chi connectivity index (χ2v) is 21.3. The van der Waals surface area contributed by atoms with Gasteiger partial charge in [0.2, 0.25) is 0 Å². The molecular formula is C53H40N2O2Si. The Morgan fingerprint density at radius 1 is 0.328 bits per heavy atom. The van der Waals surface area contributed by atoms with Crippen LogP contribution >= 0.6 is 0 Å². The molecule has 0 N–H and O–H groups in total. The molecule has 5 heteroatoms. The Kier molecular flexibility index (Phi) is 7.82. The minimum atomic E-state index is -1.45. The third-order valence-electron chi connectivity index (χ3n) is 11.6. The summed E-state index contributed by atoms with van der Waals surface area (Å²) in [5, 5.41) is 10.5. The number of hydrogen-bond donors (Lipinski definition) is 0. The molecule has 0 fully saturated rings. The number of nitrogens with zero attached hydrogens (tertiary/aromatic N) is 2. The first-order chi connectivity index (χ1) is 28.4. The molecule has 58 heavy (non-hydrogen) atoms. The molecule has 0 unspecified atom stereocenters. The summed E-state index contributed by atoms with van der Waals surface area (Å²) >= 11 is 0. The van der Waals surface area contributed by atoms with Gasteiger partial charge in [0.1, 0.15) is 22.3 Å². The van der Waals surface area contributed by atoms with Crippen LogP contribution in [0.25, 0.3) is 65.4 Å². The molecule has 11 aromatic rings. The number of anilines is 6. The first-order valence-electron chi connectivity index (χ1n) is 19.9. The molecule has 2 heterocycles. The molecule has 0 aliphatic carbocycles. The zero-order valence-electron chi connectivity index (χ0n) is 32.6. The SMILES string of the molecule is C[Si](C)(C)c1ccc(N(c2ccccc2)c2ccc3c(c2)oc2c4ccc(N(c5ccccc5)c5ccc6c(c5)oc5ccccc56)cc4c4ccccc4c32)cc1. The van der Waals surface area contributed by atoms with Crippen molar-refractivity contribution in [1.29, 1.82) is 0 Å². The Balaban J connectivity index is 1.09. The maximum atomic E-state index is 7.00. The second kappa shape index (κ2) is 13.3. The molecular weight excluding hydrogens is 725 g/mol. The van der Waals surface area contributed by atoms with Crippen LogP contribution in [-0.2, 0) is 0 Å². The first-order valence-corrected chi connectivity index (χ1v) is 23.4. The van der Waals surface area contributed by atoms with Crippen molar-refractivity contribution in [2.24, 2.45) is 0 Å². The largest absolute Gasteiger partial charge is 0.456 e. The van der Waals surface area contributed by atoms with Gasteiger partial charge in [0, 0.05) is 73.2 Å². The van der Waals surface area contributed by atoms with Crippen LogP contribution in [0, 0.1) is 0 Å². The van der Waals surface area contributed by atoms with E-state index >= 15 is 0 Å². The quantitative estimate of drug-likeness (QED) is 0.120. The Morgan fingerprint density at radius 3 is 1.45 bits per heavy atom. The van der Waals surface area contributed by atoms with Gasteiger partial charge in [-0.1, -0.05) is 116 Å². The van der Waals surface area contributed by atoms with Gasteiger partial charge in [-0.25, -0.2) is 0 Å². The van der Waals surface area contributed by atoms with Gasteiger partial charge in [-0.3, -0.25) is 0 Å². The molecule has 11 rings (SSSR count). The summed E-state index contributed by atoms with van der Waals surface area (Å²) < 4.78 is 13.4. The van der Waals surface area contributed by atoms with Crippen molar-refractivity contribution in [1.82, 2.24) is 0 Å². The van der Waals surface area contributed by atoms with Gasteiger partial charge in [-0.2, -0.15) is 0 Å². The van der Waals surface area contributed by atoms with Crippen LogP contribution in [0.2, 0.25) is 19.6 Å². The number of fused-ring (bicyclic) bond motifs is 11. The fourth-order valence-corrected chi connectivity index (χ4v) is 9.89. The highest BCUT2D eigenvalue weighted by Crippen LogP contribution is 2.46. The number of benzene rings is 9. The molecule has 2 aromatic heterocycles. The molecule has 0 saturated heterocycles. The van der Waals surface area contributed by atoms with Crippen LogP contribution < -0.4 is 15.0 Å². The van der Waals surface area contributed by atoms with Crippen molar-refractivity contribution >= 4 is 113 Å². The Bertz CT molecular complexity index is 3330. The zero-order chi connectivity index (χ0) is 39.0. The molecule has 0 spiro atoms. The van der Waals surface area contributed by atoms with Crippen molar-refractivity contribution in [2.45, 2.75) is 19.6 Å². The van der Waals surface area contributed by atoms with Gasteiger partial charge in [0.25, 0.3) is 0 Å². The first kappa shape index (κ1) is 34.2. The van der Waals surface area contributed by atoms with Gasteiger partial charge < -0.3 is 18.6 Å². The lowest BCUT2D eigenvalue weighted by Gasteiger charge is -2.26. The van der Waals surface area contributed by atoms with Gasteiger partial charge >= 0.3 is 0 Å². The lowest BCUT2D eigenvalue weighted by atomic mass is 9.96. The minimum absolute atomic E-state index is 0.860. The molecule has 4 nitrogen and oxygen atoms in total. The van der Waals surface area contributed by atoms with Gasteiger partial charge in [0.05, 0.1) is 8.07 Å². The second-order valence-electron chi connectivity index (χ2n) is 16.2. The molecule has 0 aliphatic rings. The summed E-state index contributed by atoms with van der Waals surface area (Å²) in [4.78, 5) is 4.63. The van der Waals surface area contributed by atoms with E-state index in [1.807, 2.05) is 12.1 Å². The zero-order valence-corrected chi connectivity index (χ0v) is 33.6. The van der Waals surface area contributed by atoms with E-state index in [1.165, 1.54) is 16.0 Å². The number of hydrogen-bond acceptors (Lipinski definition) is 4. The number of furan rings is 2. The van der Waals surface area contributed by atoms with Crippen LogP contribution in [0.15, 0.2) is 197 Å². The average Bonchev–Trinajstić information content (AvgIpc) is 3.83. The van der Waals surface area contributed by atoms with E-state index in [-0.39, 0.29) is 0 Å². The predicted molar refractivity (Wildman–Crippen MR) is 248 cm³/mol. The molecule has 0 amide bonds. The summed E-state index contributed by atoms with van der Waals surface area (Å²) in [6, 6.07) is 67.2. The smallest absolute Gasteiger partial charge is 0.143 e. The van der Waals surface area contributed by atoms with Crippen LogP contribution in [0.5, 0.6) is 0 Å². The summed E-state index contributed by atoms with van der Waals surface area (Å²) in [6.07, 6.45) is 0. The number of rotatable bonds is 7. The van der Waals surface area contributed by atoms with Crippen molar-refractivity contribution in [3.63, 3.8) is 0 Å². The monoisotopic (exact) mass is 764 g/mol. The van der Waals surface area contributed by atoms with E-state index in [0.29, 0.717) is 0 Å². The summed E-state index contributed by atoms with van der Waals surface area (Å²) in [5.41, 5.74) is 9.93. The highest BCUT2D eigenvalue weighted by Gasteiger charge is 2.22. The molecule has 0 bridgehead atoms. The Labute approximate surface area is 337 Å². The van der Waals surface area contributed by atoms with Gasteiger partial charge in [0.15, 0.2) is 0 Å². The molecule has 0 radical (unpaired) electrons. The normalized spacial score (nSPS) is 12.1. The van der Waals surface area contributed by atoms with Crippen molar-refractivity contribution in [3.05, 3.63) is 188 Å². The van der Waals surface area contributed by atoms with Crippen molar-refractivity contribution in [3.8, 4) is 0 Å². The van der Waals surface area contributed by atoms with Crippen LogP contribution in [-0.4, -0.2) is 8.07 Å². The standard InChI is InChI=1S/C53H40N2O2Si/c1-58(2,3)41-27-22-37(23-28-41)54(35-14-6-4-7-15-35)39-26-31-47-51(34-39)57-53-46-30-25-38(32-48(46)42-18-10-11-20-45(42)52(47)53)55(36-16-8-5-9-17-36)40-24-29-44-43-19-12-13-21-49(43)56-50(44)33-40/h4-34H,1-3H3. The van der Waals surface area contributed by atoms with E-state index in [9.17, 15) is 0 Å². The molecule has 0 saturated carbocycles. The summed E-state index contributed by atoms with van der Waals surface area (Å²) in [6.45, 7) is 7.18. The highest BCUT2D eigenvalue weighted by atomic mass is 28.3. The fourth-order valence-electron chi connectivity index (χ4n) is 8.72. The third-order valence-corrected chi connectivity index (χ3v) is 13.6. The van der Waals surface area contributed by atoms with Crippen molar-refractivity contribution < 1.29 is 8.83 Å². The van der Waals surface area contributed by atoms with Crippen LogP contribution in [0.3, 0.4) is 0 Å². The van der Waals surface area contributed by atoms with E-state index in [1.54, 1.807) is 0 Å². The van der Waals surface area contributed by atoms with Crippen LogP contribution in [0.4, 0.5) is 34.1 Å². The molecule has 0 atom stereocenters. The third kappa shape index (κ3) is 5.58. The van der Waals surface area contributed by atoms with Crippen LogP contribution in [0.1, 0.15) is 0 Å².